The van der Waals surface area contributed by atoms with Crippen LogP contribution >= 0.6 is 0 Å². The first-order valence-corrected chi connectivity index (χ1v) is 26.7. The minimum Gasteiger partial charge on any atom is -0.311 e. The second kappa shape index (κ2) is 17.0. The zero-order valence-corrected chi connectivity index (χ0v) is 45.4. The summed E-state index contributed by atoms with van der Waals surface area (Å²) in [7, 11) is 0. The minimum atomic E-state index is -0.169. The summed E-state index contributed by atoms with van der Waals surface area (Å²) < 4.78 is 0. The molecule has 0 amide bonds. The maximum absolute atomic E-state index is 2.61. The molecule has 9 aromatic rings. The third kappa shape index (κ3) is 7.79. The molecule has 0 fully saturated rings. The fourth-order valence-corrected chi connectivity index (χ4v) is 12.2. The molecule has 3 nitrogen and oxygen atoms in total. The Hall–Kier alpha value is -7.56. The van der Waals surface area contributed by atoms with Crippen molar-refractivity contribution in [2.45, 2.75) is 105 Å². The summed E-state index contributed by atoms with van der Waals surface area (Å²) in [5, 5.41) is 0. The number of aryl methyl sites for hydroxylation is 1. The van der Waals surface area contributed by atoms with Gasteiger partial charge in [0.15, 0.2) is 0 Å². The van der Waals surface area contributed by atoms with Gasteiger partial charge in [0.2, 0.25) is 0 Å². The van der Waals surface area contributed by atoms with Crippen molar-refractivity contribution in [2.75, 3.05) is 14.7 Å². The highest BCUT2D eigenvalue weighted by Gasteiger charge is 2.45. The SMILES string of the molecule is Cc1cc2c3c(c1)N(c1ccc4c(c1)C(C)(C)c1ccccc1-4)c1cc(N(c4ccc(-c5ccccc5)cc4)c4ccc(C(C)(C)C)cc4)ccc1B3c1cc(C(C)(C)C)ccc1N2c1ccc(C(C)(C)C)cc1. The molecular weight excluding hydrogens is 894 g/mol. The lowest BCUT2D eigenvalue weighted by Crippen LogP contribution is -2.61. The monoisotopic (exact) mass is 962 g/mol. The van der Waals surface area contributed by atoms with Crippen molar-refractivity contribution < 1.29 is 0 Å². The number of nitrogens with zero attached hydrogens (tertiary/aromatic N) is 3. The summed E-state index contributed by atoms with van der Waals surface area (Å²) in [6, 6.07) is 74.2. The first kappa shape index (κ1) is 47.4. The van der Waals surface area contributed by atoms with Gasteiger partial charge in [0.1, 0.15) is 0 Å². The van der Waals surface area contributed by atoms with Crippen molar-refractivity contribution in [3.63, 3.8) is 0 Å². The van der Waals surface area contributed by atoms with Crippen LogP contribution in [0.2, 0.25) is 0 Å². The molecule has 9 aromatic carbocycles. The Kier molecular flexibility index (Phi) is 10.9. The molecule has 0 N–H and O–H groups in total. The van der Waals surface area contributed by atoms with Gasteiger partial charge in [-0.3, -0.25) is 0 Å². The van der Waals surface area contributed by atoms with Gasteiger partial charge in [-0.15, -0.1) is 0 Å². The molecule has 12 rings (SSSR count). The zero-order valence-electron chi connectivity index (χ0n) is 45.4. The number of hydrogen-bond donors (Lipinski definition) is 0. The summed E-state index contributed by atoms with van der Waals surface area (Å²) in [6.45, 7) is 27.8. The molecule has 2 aliphatic heterocycles. The Morgan fingerprint density at radius 1 is 0.392 bits per heavy atom. The molecule has 1 aliphatic carbocycles. The number of hydrogen-bond acceptors (Lipinski definition) is 3. The zero-order chi connectivity index (χ0) is 51.6. The van der Waals surface area contributed by atoms with Gasteiger partial charge in [-0.25, -0.2) is 0 Å². The minimum absolute atomic E-state index is 0.0249. The summed E-state index contributed by atoms with van der Waals surface area (Å²) in [6.07, 6.45) is 0. The third-order valence-electron chi connectivity index (χ3n) is 16.4. The molecule has 0 atom stereocenters. The normalized spacial score (nSPS) is 14.2. The first-order valence-electron chi connectivity index (χ1n) is 26.7. The van der Waals surface area contributed by atoms with Crippen LogP contribution in [0.4, 0.5) is 51.2 Å². The van der Waals surface area contributed by atoms with Gasteiger partial charge >= 0.3 is 0 Å². The molecule has 0 saturated heterocycles. The summed E-state index contributed by atoms with van der Waals surface area (Å²) in [4.78, 5) is 7.62. The van der Waals surface area contributed by atoms with E-state index in [0.29, 0.717) is 0 Å². The molecule has 0 bridgehead atoms. The Morgan fingerprint density at radius 3 is 1.54 bits per heavy atom. The van der Waals surface area contributed by atoms with Gasteiger partial charge in [-0.05, 0) is 174 Å². The lowest BCUT2D eigenvalue weighted by atomic mass is 9.33. The summed E-state index contributed by atoms with van der Waals surface area (Å²) >= 11 is 0. The van der Waals surface area contributed by atoms with Crippen LogP contribution in [0, 0.1) is 6.92 Å². The highest BCUT2D eigenvalue weighted by atomic mass is 15.2. The average molecular weight is 962 g/mol. The van der Waals surface area contributed by atoms with Gasteiger partial charge in [-0.1, -0.05) is 191 Å². The molecule has 0 aromatic heterocycles. The molecule has 0 saturated carbocycles. The van der Waals surface area contributed by atoms with Crippen LogP contribution in [0.15, 0.2) is 194 Å². The van der Waals surface area contributed by atoms with Crippen molar-refractivity contribution in [1.29, 1.82) is 0 Å². The van der Waals surface area contributed by atoms with E-state index in [1.165, 1.54) is 100 Å². The molecule has 4 heteroatoms. The van der Waals surface area contributed by atoms with E-state index in [0.717, 1.165) is 22.7 Å². The lowest BCUT2D eigenvalue weighted by molar-refractivity contribution is 0.590. The molecule has 3 aliphatic rings. The van der Waals surface area contributed by atoms with E-state index in [1.54, 1.807) is 0 Å². The maximum Gasteiger partial charge on any atom is 0.252 e. The van der Waals surface area contributed by atoms with E-state index in [9.17, 15) is 0 Å². The molecule has 366 valence electrons. The largest absolute Gasteiger partial charge is 0.311 e. The lowest BCUT2D eigenvalue weighted by Gasteiger charge is -2.45. The number of anilines is 9. The fourth-order valence-electron chi connectivity index (χ4n) is 12.2. The van der Waals surface area contributed by atoms with Crippen LogP contribution in [0.5, 0.6) is 0 Å². The van der Waals surface area contributed by atoms with Crippen LogP contribution in [-0.4, -0.2) is 6.71 Å². The molecule has 0 spiro atoms. The standard InChI is InChI=1S/C70H68BN3/c1-45-40-64-66-65(41-45)74(54-35-37-57-56-20-16-17-21-58(56)70(11,12)59(57)43-54)63-44-55(72(52-31-24-48(25-32-52)67(2,3)4)51-29-22-47(23-30-51)46-18-14-13-15-19-46)36-38-60(63)71(66)61-42-50(69(8,9)10)28-39-62(61)73(64)53-33-26-49(27-34-53)68(5,6)7/h13-44H,1-12H3. The van der Waals surface area contributed by atoms with Crippen molar-refractivity contribution in [2.24, 2.45) is 0 Å². The van der Waals surface area contributed by atoms with E-state index < -0.39 is 0 Å². The highest BCUT2D eigenvalue weighted by Crippen LogP contribution is 2.52. The highest BCUT2D eigenvalue weighted by molar-refractivity contribution is 7.00. The predicted octanol–water partition coefficient (Wildman–Crippen LogP) is 17.4. The maximum atomic E-state index is 2.61. The number of fused-ring (bicyclic) bond motifs is 7. The van der Waals surface area contributed by atoms with Gasteiger partial charge in [0, 0.05) is 56.6 Å². The molecule has 0 radical (unpaired) electrons. The van der Waals surface area contributed by atoms with E-state index in [2.05, 4.69) is 292 Å². The van der Waals surface area contributed by atoms with Crippen LogP contribution in [-0.2, 0) is 21.7 Å². The van der Waals surface area contributed by atoms with Crippen LogP contribution in [0.25, 0.3) is 22.3 Å². The number of benzene rings is 9. The average Bonchev–Trinajstić information content (AvgIpc) is 3.64. The van der Waals surface area contributed by atoms with Crippen LogP contribution in [0.1, 0.15) is 110 Å². The van der Waals surface area contributed by atoms with Gasteiger partial charge in [0.05, 0.1) is 0 Å². The van der Waals surface area contributed by atoms with Gasteiger partial charge in [-0.2, -0.15) is 0 Å². The number of rotatable bonds is 6. The second-order valence-corrected chi connectivity index (χ2v) is 24.8. The van der Waals surface area contributed by atoms with Crippen molar-refractivity contribution in [1.82, 2.24) is 0 Å². The predicted molar refractivity (Wildman–Crippen MR) is 319 cm³/mol. The topological polar surface area (TPSA) is 9.72 Å². The molecular formula is C70H68BN3. The van der Waals surface area contributed by atoms with Crippen molar-refractivity contribution >= 4 is 74.3 Å². The Balaban J connectivity index is 1.12. The van der Waals surface area contributed by atoms with Crippen LogP contribution < -0.4 is 31.1 Å². The van der Waals surface area contributed by atoms with Gasteiger partial charge < -0.3 is 14.7 Å². The molecule has 2 heterocycles. The summed E-state index contributed by atoms with van der Waals surface area (Å²) in [5.41, 5.74) is 27.4. The quantitative estimate of drug-likeness (QED) is 0.154. The van der Waals surface area contributed by atoms with Crippen molar-refractivity contribution in [3.05, 3.63) is 228 Å². The molecule has 74 heavy (non-hydrogen) atoms. The Bertz CT molecular complexity index is 3640. The smallest absolute Gasteiger partial charge is 0.252 e. The van der Waals surface area contributed by atoms with Gasteiger partial charge in [0.25, 0.3) is 6.71 Å². The summed E-state index contributed by atoms with van der Waals surface area (Å²) in [5.74, 6) is 0. The Labute approximate surface area is 441 Å². The fraction of sp³-hybridized carbons (Fsp3) is 0.229. The third-order valence-corrected chi connectivity index (χ3v) is 16.4. The van der Waals surface area contributed by atoms with E-state index in [1.807, 2.05) is 0 Å². The van der Waals surface area contributed by atoms with E-state index in [4.69, 9.17) is 0 Å². The van der Waals surface area contributed by atoms with Crippen LogP contribution in [0.3, 0.4) is 0 Å². The second-order valence-electron chi connectivity index (χ2n) is 24.8. The van der Waals surface area contributed by atoms with E-state index >= 15 is 0 Å². The molecule has 0 unspecified atom stereocenters. The Morgan fingerprint density at radius 2 is 0.905 bits per heavy atom. The first-order chi connectivity index (χ1) is 35.3. The van der Waals surface area contributed by atoms with E-state index in [-0.39, 0.29) is 28.4 Å². The van der Waals surface area contributed by atoms with Crippen molar-refractivity contribution in [3.8, 4) is 22.3 Å².